The summed E-state index contributed by atoms with van der Waals surface area (Å²) in [4.78, 5) is 4.74. The molecular formula is C16H27N3O2. The van der Waals surface area contributed by atoms with E-state index in [1.165, 1.54) is 6.42 Å². The van der Waals surface area contributed by atoms with Crippen molar-refractivity contribution in [2.75, 3.05) is 6.54 Å². The molecule has 1 aromatic heterocycles. The molecule has 2 bridgehead atoms. The summed E-state index contributed by atoms with van der Waals surface area (Å²) in [5, 5.41) is 7.75. The Kier molecular flexibility index (Phi) is 4.31. The molecule has 5 heteroatoms. The van der Waals surface area contributed by atoms with E-state index >= 15 is 0 Å². The molecule has 0 amide bonds. The molecule has 0 aliphatic carbocycles. The average molecular weight is 293 g/mol. The van der Waals surface area contributed by atoms with Crippen molar-refractivity contribution in [2.24, 2.45) is 5.92 Å². The van der Waals surface area contributed by atoms with Gasteiger partial charge in [-0.25, -0.2) is 0 Å². The lowest BCUT2D eigenvalue weighted by Gasteiger charge is -2.24. The van der Waals surface area contributed by atoms with Crippen LogP contribution in [0.5, 0.6) is 0 Å². The van der Waals surface area contributed by atoms with Crippen LogP contribution in [0.25, 0.3) is 0 Å². The quantitative estimate of drug-likeness (QED) is 0.874. The highest BCUT2D eigenvalue weighted by molar-refractivity contribution is 5.09. The largest absolute Gasteiger partial charge is 0.374 e. The Hall–Kier alpha value is -0.940. The lowest BCUT2D eigenvalue weighted by Crippen LogP contribution is -2.34. The molecule has 3 rings (SSSR count). The first kappa shape index (κ1) is 15.0. The predicted octanol–water partition coefficient (Wildman–Crippen LogP) is 2.84. The van der Waals surface area contributed by atoms with Crippen molar-refractivity contribution in [3.05, 3.63) is 11.7 Å². The molecule has 0 aromatic carbocycles. The Morgan fingerprint density at radius 1 is 1.29 bits per heavy atom. The van der Waals surface area contributed by atoms with E-state index in [-0.39, 0.29) is 5.92 Å². The van der Waals surface area contributed by atoms with Gasteiger partial charge in [0.05, 0.1) is 24.0 Å². The van der Waals surface area contributed by atoms with Crippen LogP contribution in [0.2, 0.25) is 0 Å². The van der Waals surface area contributed by atoms with E-state index in [1.54, 1.807) is 0 Å². The number of fused-ring (bicyclic) bond motifs is 2. The van der Waals surface area contributed by atoms with Crippen LogP contribution in [-0.4, -0.2) is 34.9 Å². The van der Waals surface area contributed by atoms with E-state index in [1.807, 2.05) is 0 Å². The van der Waals surface area contributed by atoms with Gasteiger partial charge in [0.2, 0.25) is 5.89 Å². The van der Waals surface area contributed by atoms with Gasteiger partial charge in [0.15, 0.2) is 5.82 Å². The van der Waals surface area contributed by atoms with E-state index in [4.69, 9.17) is 14.2 Å². The molecular weight excluding hydrogens is 266 g/mol. The van der Waals surface area contributed by atoms with Crippen LogP contribution in [0, 0.1) is 5.92 Å². The van der Waals surface area contributed by atoms with Gasteiger partial charge < -0.3 is 14.6 Å². The van der Waals surface area contributed by atoms with Crippen molar-refractivity contribution in [1.29, 1.82) is 0 Å². The number of rotatable bonds is 6. The van der Waals surface area contributed by atoms with Crippen molar-refractivity contribution in [3.8, 4) is 0 Å². The third-order valence-electron chi connectivity index (χ3n) is 4.96. The number of nitrogens with one attached hydrogen (secondary N) is 1. The molecule has 0 radical (unpaired) electrons. The number of aromatic nitrogens is 2. The molecule has 0 saturated carbocycles. The van der Waals surface area contributed by atoms with Gasteiger partial charge in [-0.05, 0) is 38.6 Å². The summed E-state index contributed by atoms with van der Waals surface area (Å²) in [5.74, 6) is 2.68. The van der Waals surface area contributed by atoms with Gasteiger partial charge in [-0.3, -0.25) is 0 Å². The van der Waals surface area contributed by atoms with E-state index in [2.05, 4.69) is 38.2 Å². The molecule has 2 fully saturated rings. The van der Waals surface area contributed by atoms with E-state index in [0.29, 0.717) is 30.1 Å². The summed E-state index contributed by atoms with van der Waals surface area (Å²) >= 11 is 0. The molecule has 3 heterocycles. The van der Waals surface area contributed by atoms with Crippen molar-refractivity contribution in [3.63, 3.8) is 0 Å². The van der Waals surface area contributed by atoms with Gasteiger partial charge in [0.25, 0.3) is 0 Å². The zero-order valence-electron chi connectivity index (χ0n) is 13.5. The van der Waals surface area contributed by atoms with Gasteiger partial charge in [0, 0.05) is 6.04 Å². The maximum atomic E-state index is 5.91. The molecule has 1 aromatic rings. The molecule has 1 N–H and O–H groups in total. The van der Waals surface area contributed by atoms with Crippen molar-refractivity contribution >= 4 is 0 Å². The minimum absolute atomic E-state index is 0.255. The van der Waals surface area contributed by atoms with Crippen LogP contribution in [0.4, 0.5) is 0 Å². The van der Waals surface area contributed by atoms with E-state index in [9.17, 15) is 0 Å². The Balaban J connectivity index is 1.76. The van der Waals surface area contributed by atoms with Crippen LogP contribution >= 0.6 is 0 Å². The number of ether oxygens (including phenoxy) is 1. The van der Waals surface area contributed by atoms with Gasteiger partial charge in [-0.15, -0.1) is 0 Å². The number of likely N-dealkylation sites (N-methyl/N-ethyl adjacent to an activating group) is 1. The standard InChI is InChI=1S/C16H27N3O2/c1-5-17-10(4)14(9(2)3)16-18-15(19-21-16)12-8-11-6-7-13(12)20-11/h9-14,17H,5-8H2,1-4H3. The molecule has 118 valence electrons. The SMILES string of the molecule is CCNC(C)C(c1nc(C2CC3CCC2O3)no1)C(C)C. The monoisotopic (exact) mass is 293 g/mol. The second-order valence-corrected chi connectivity index (χ2v) is 6.82. The number of hydrogen-bond acceptors (Lipinski definition) is 5. The molecule has 0 spiro atoms. The van der Waals surface area contributed by atoms with E-state index < -0.39 is 0 Å². The second kappa shape index (κ2) is 6.05. The Bertz CT molecular complexity index is 474. The molecule has 2 aliphatic rings. The predicted molar refractivity (Wildman–Crippen MR) is 80.3 cm³/mol. The van der Waals surface area contributed by atoms with Crippen LogP contribution < -0.4 is 5.32 Å². The lowest BCUT2D eigenvalue weighted by atomic mass is 9.88. The Labute approximate surface area is 126 Å². The molecule has 2 aliphatic heterocycles. The van der Waals surface area contributed by atoms with Gasteiger partial charge in [-0.2, -0.15) is 4.98 Å². The van der Waals surface area contributed by atoms with Crippen LogP contribution in [0.15, 0.2) is 4.52 Å². The summed E-state index contributed by atoms with van der Waals surface area (Å²) in [5.41, 5.74) is 0. The first-order valence-electron chi connectivity index (χ1n) is 8.32. The third kappa shape index (κ3) is 2.86. The fraction of sp³-hybridized carbons (Fsp3) is 0.875. The summed E-state index contributed by atoms with van der Waals surface area (Å²) in [7, 11) is 0. The number of nitrogens with zero attached hydrogens (tertiary/aromatic N) is 2. The topological polar surface area (TPSA) is 60.2 Å². The molecule has 21 heavy (non-hydrogen) atoms. The average Bonchev–Trinajstić information content (AvgIpc) is 3.14. The highest BCUT2D eigenvalue weighted by atomic mass is 16.5. The summed E-state index contributed by atoms with van der Waals surface area (Å²) < 4.78 is 11.5. The fourth-order valence-corrected chi connectivity index (χ4v) is 3.97. The zero-order chi connectivity index (χ0) is 15.0. The normalized spacial score (nSPS) is 31.0. The molecule has 5 unspecified atom stereocenters. The second-order valence-electron chi connectivity index (χ2n) is 6.82. The first-order chi connectivity index (χ1) is 10.1. The highest BCUT2D eigenvalue weighted by Crippen LogP contribution is 2.43. The smallest absolute Gasteiger partial charge is 0.231 e. The van der Waals surface area contributed by atoms with Crippen LogP contribution in [0.1, 0.15) is 70.5 Å². The summed E-state index contributed by atoms with van der Waals surface area (Å²) in [6, 6.07) is 0.333. The molecule has 2 saturated heterocycles. The van der Waals surface area contributed by atoms with Crippen molar-refractivity contribution < 1.29 is 9.26 Å². The van der Waals surface area contributed by atoms with Gasteiger partial charge in [-0.1, -0.05) is 25.9 Å². The maximum Gasteiger partial charge on any atom is 0.231 e. The van der Waals surface area contributed by atoms with Crippen molar-refractivity contribution in [2.45, 2.75) is 77.0 Å². The summed E-state index contributed by atoms with van der Waals surface area (Å²) in [6.07, 6.45) is 4.12. The van der Waals surface area contributed by atoms with Crippen LogP contribution in [-0.2, 0) is 4.74 Å². The van der Waals surface area contributed by atoms with Crippen LogP contribution in [0.3, 0.4) is 0 Å². The van der Waals surface area contributed by atoms with Gasteiger partial charge in [0.1, 0.15) is 0 Å². The van der Waals surface area contributed by atoms with Gasteiger partial charge >= 0.3 is 0 Å². The van der Waals surface area contributed by atoms with Crippen molar-refractivity contribution in [1.82, 2.24) is 15.5 Å². The molecule has 5 nitrogen and oxygen atoms in total. The summed E-state index contributed by atoms with van der Waals surface area (Å²) in [6.45, 7) is 9.69. The van der Waals surface area contributed by atoms with E-state index in [0.717, 1.165) is 31.1 Å². The first-order valence-corrected chi connectivity index (χ1v) is 8.32. The third-order valence-corrected chi connectivity index (χ3v) is 4.96. The zero-order valence-corrected chi connectivity index (χ0v) is 13.5. The number of hydrogen-bond donors (Lipinski definition) is 1. The lowest BCUT2D eigenvalue weighted by molar-refractivity contribution is 0.0996. The minimum Gasteiger partial charge on any atom is -0.374 e. The molecule has 5 atom stereocenters. The Morgan fingerprint density at radius 2 is 2.10 bits per heavy atom. The maximum absolute atomic E-state index is 5.91. The fourth-order valence-electron chi connectivity index (χ4n) is 3.97. The highest BCUT2D eigenvalue weighted by Gasteiger charge is 2.44. The minimum atomic E-state index is 0.255. The Morgan fingerprint density at radius 3 is 2.67 bits per heavy atom.